The van der Waals surface area contributed by atoms with E-state index in [1.54, 1.807) is 29.2 Å². The minimum absolute atomic E-state index is 0.0814. The molecule has 2 aromatic rings. The van der Waals surface area contributed by atoms with Crippen LogP contribution in [-0.4, -0.2) is 46.5 Å². The average molecular weight is 396 g/mol. The number of methoxy groups -OCH3 is 2. The van der Waals surface area contributed by atoms with Gasteiger partial charge in [0.05, 0.1) is 24.8 Å². The zero-order chi connectivity index (χ0) is 18.7. The number of hydrogen-bond donors (Lipinski definition) is 1. The normalized spacial score (nSPS) is 14.3. The Morgan fingerprint density at radius 1 is 1.12 bits per heavy atom. The summed E-state index contributed by atoms with van der Waals surface area (Å²) in [7, 11) is -0.859. The van der Waals surface area contributed by atoms with E-state index in [0.717, 1.165) is 37.3 Å². The lowest BCUT2D eigenvalue weighted by molar-refractivity contribution is 0.0797. The number of rotatable bonds is 6. The SMILES string of the molecule is COc1ccc(NS(=O)(=O)c2ccc(C(=O)N3CCCC3)s2)c(OC)c1. The third-order valence-electron chi connectivity index (χ3n) is 4.10. The summed E-state index contributed by atoms with van der Waals surface area (Å²) in [6, 6.07) is 7.81. The number of ether oxygens (including phenoxy) is 2. The molecule has 1 fully saturated rings. The Balaban J connectivity index is 1.82. The van der Waals surface area contributed by atoms with Gasteiger partial charge in [0, 0.05) is 19.2 Å². The molecule has 0 bridgehead atoms. The molecule has 1 aromatic carbocycles. The Hall–Kier alpha value is -2.26. The zero-order valence-electron chi connectivity index (χ0n) is 14.5. The molecule has 1 aromatic heterocycles. The number of sulfonamides is 1. The number of anilines is 1. The van der Waals surface area contributed by atoms with Crippen molar-refractivity contribution >= 4 is 33.0 Å². The molecule has 1 amide bonds. The summed E-state index contributed by atoms with van der Waals surface area (Å²) in [5.74, 6) is 0.785. The highest BCUT2D eigenvalue weighted by Gasteiger charge is 2.24. The van der Waals surface area contributed by atoms with E-state index in [1.165, 1.54) is 20.3 Å². The van der Waals surface area contributed by atoms with Gasteiger partial charge in [0.2, 0.25) is 0 Å². The molecule has 1 saturated heterocycles. The fourth-order valence-corrected chi connectivity index (χ4v) is 5.08. The van der Waals surface area contributed by atoms with Crippen molar-refractivity contribution < 1.29 is 22.7 Å². The Labute approximate surface area is 156 Å². The van der Waals surface area contributed by atoms with E-state index in [2.05, 4.69) is 4.72 Å². The lowest BCUT2D eigenvalue weighted by Gasteiger charge is -2.13. The molecule has 9 heteroatoms. The van der Waals surface area contributed by atoms with E-state index in [-0.39, 0.29) is 10.1 Å². The maximum atomic E-state index is 12.7. The van der Waals surface area contributed by atoms with Crippen LogP contribution in [0.25, 0.3) is 0 Å². The van der Waals surface area contributed by atoms with Crippen LogP contribution in [0.2, 0.25) is 0 Å². The summed E-state index contributed by atoms with van der Waals surface area (Å²) in [6.45, 7) is 1.44. The number of carbonyl (C=O) groups is 1. The quantitative estimate of drug-likeness (QED) is 0.812. The molecule has 1 N–H and O–H groups in total. The van der Waals surface area contributed by atoms with Crippen molar-refractivity contribution in [1.82, 2.24) is 4.90 Å². The van der Waals surface area contributed by atoms with Crippen LogP contribution in [0, 0.1) is 0 Å². The summed E-state index contributed by atoms with van der Waals surface area (Å²) >= 11 is 0.968. The first-order valence-electron chi connectivity index (χ1n) is 8.08. The first kappa shape index (κ1) is 18.5. The van der Waals surface area contributed by atoms with Gasteiger partial charge in [-0.05, 0) is 37.1 Å². The molecule has 0 atom stereocenters. The molecule has 7 nitrogen and oxygen atoms in total. The molecule has 1 aliphatic rings. The summed E-state index contributed by atoms with van der Waals surface area (Å²) in [5.41, 5.74) is 0.300. The maximum Gasteiger partial charge on any atom is 0.271 e. The van der Waals surface area contributed by atoms with Crippen LogP contribution in [0.1, 0.15) is 22.5 Å². The first-order chi connectivity index (χ1) is 12.4. The lowest BCUT2D eigenvalue weighted by Crippen LogP contribution is -2.26. The van der Waals surface area contributed by atoms with Gasteiger partial charge in [-0.2, -0.15) is 0 Å². The number of nitrogens with one attached hydrogen (secondary N) is 1. The summed E-state index contributed by atoms with van der Waals surface area (Å²) in [4.78, 5) is 14.6. The second-order valence-corrected chi connectivity index (χ2v) is 8.78. The second-order valence-electron chi connectivity index (χ2n) is 5.79. The third-order valence-corrected chi connectivity index (χ3v) is 7.03. The Morgan fingerprint density at radius 3 is 2.50 bits per heavy atom. The Bertz CT molecular complexity index is 902. The Kier molecular flexibility index (Phi) is 5.38. The molecule has 1 aliphatic heterocycles. The predicted molar refractivity (Wildman–Crippen MR) is 99.8 cm³/mol. The number of thiophene rings is 1. The van der Waals surface area contributed by atoms with Crippen LogP contribution < -0.4 is 14.2 Å². The highest BCUT2D eigenvalue weighted by Crippen LogP contribution is 2.32. The molecule has 0 unspecified atom stereocenters. The van der Waals surface area contributed by atoms with Gasteiger partial charge in [0.1, 0.15) is 15.7 Å². The van der Waals surface area contributed by atoms with Gasteiger partial charge in [-0.15, -0.1) is 11.3 Å². The van der Waals surface area contributed by atoms with Gasteiger partial charge < -0.3 is 14.4 Å². The highest BCUT2D eigenvalue weighted by molar-refractivity contribution is 7.94. The van der Waals surface area contributed by atoms with Gasteiger partial charge in [0.25, 0.3) is 15.9 Å². The molecule has 0 spiro atoms. The minimum Gasteiger partial charge on any atom is -0.497 e. The highest BCUT2D eigenvalue weighted by atomic mass is 32.2. The molecule has 26 heavy (non-hydrogen) atoms. The van der Waals surface area contributed by atoms with Gasteiger partial charge in [-0.3, -0.25) is 9.52 Å². The molecule has 2 heterocycles. The number of benzene rings is 1. The number of hydrogen-bond acceptors (Lipinski definition) is 6. The van der Waals surface area contributed by atoms with Crippen molar-refractivity contribution in [2.24, 2.45) is 0 Å². The first-order valence-corrected chi connectivity index (χ1v) is 10.4. The fraction of sp³-hybridized carbons (Fsp3) is 0.353. The standard InChI is InChI=1S/C17H20N2O5S2/c1-23-12-5-6-13(14(11-12)24-2)18-26(21,22)16-8-7-15(25-16)17(20)19-9-3-4-10-19/h5-8,11,18H,3-4,9-10H2,1-2H3. The molecule has 3 rings (SSSR count). The fourth-order valence-electron chi connectivity index (χ4n) is 2.73. The van der Waals surface area contributed by atoms with Crippen molar-refractivity contribution in [1.29, 1.82) is 0 Å². The van der Waals surface area contributed by atoms with E-state index in [0.29, 0.717) is 22.1 Å². The van der Waals surface area contributed by atoms with Gasteiger partial charge in [-0.25, -0.2) is 8.42 Å². The van der Waals surface area contributed by atoms with Crippen LogP contribution in [-0.2, 0) is 10.0 Å². The smallest absolute Gasteiger partial charge is 0.271 e. The molecular weight excluding hydrogens is 376 g/mol. The van der Waals surface area contributed by atoms with Crippen LogP contribution in [0.15, 0.2) is 34.5 Å². The third kappa shape index (κ3) is 3.78. The lowest BCUT2D eigenvalue weighted by atomic mass is 10.3. The van der Waals surface area contributed by atoms with Crippen LogP contribution in [0.5, 0.6) is 11.5 Å². The summed E-state index contributed by atoms with van der Waals surface area (Å²) in [5, 5.41) is 0. The second kappa shape index (κ2) is 7.55. The summed E-state index contributed by atoms with van der Waals surface area (Å²) in [6.07, 6.45) is 1.97. The Morgan fingerprint density at radius 2 is 1.85 bits per heavy atom. The molecule has 140 valence electrons. The van der Waals surface area contributed by atoms with E-state index in [9.17, 15) is 13.2 Å². The zero-order valence-corrected chi connectivity index (χ0v) is 16.2. The molecule has 0 saturated carbocycles. The van der Waals surface area contributed by atoms with Gasteiger partial charge in [-0.1, -0.05) is 0 Å². The average Bonchev–Trinajstić information content (AvgIpc) is 3.33. The van der Waals surface area contributed by atoms with Gasteiger partial charge >= 0.3 is 0 Å². The van der Waals surface area contributed by atoms with Crippen LogP contribution >= 0.6 is 11.3 Å². The predicted octanol–water partition coefficient (Wildman–Crippen LogP) is 2.80. The molecule has 0 aliphatic carbocycles. The van der Waals surface area contributed by atoms with Crippen molar-refractivity contribution in [3.05, 3.63) is 35.2 Å². The van der Waals surface area contributed by atoms with E-state index in [1.807, 2.05) is 0 Å². The maximum absolute atomic E-state index is 12.7. The topological polar surface area (TPSA) is 84.9 Å². The van der Waals surface area contributed by atoms with Crippen LogP contribution in [0.3, 0.4) is 0 Å². The minimum atomic E-state index is -3.82. The van der Waals surface area contributed by atoms with Crippen LogP contribution in [0.4, 0.5) is 5.69 Å². The van der Waals surface area contributed by atoms with Crippen molar-refractivity contribution in [3.63, 3.8) is 0 Å². The van der Waals surface area contributed by atoms with E-state index in [4.69, 9.17) is 9.47 Å². The largest absolute Gasteiger partial charge is 0.497 e. The van der Waals surface area contributed by atoms with Crippen molar-refractivity contribution in [2.45, 2.75) is 17.1 Å². The molecular formula is C17H20N2O5S2. The monoisotopic (exact) mass is 396 g/mol. The number of amides is 1. The van der Waals surface area contributed by atoms with E-state index < -0.39 is 10.0 Å². The van der Waals surface area contributed by atoms with E-state index >= 15 is 0 Å². The number of nitrogens with zero attached hydrogens (tertiary/aromatic N) is 1. The van der Waals surface area contributed by atoms with Crippen molar-refractivity contribution in [2.75, 3.05) is 32.0 Å². The number of carbonyl (C=O) groups excluding carboxylic acids is 1. The summed E-state index contributed by atoms with van der Waals surface area (Å²) < 4.78 is 38.2. The number of likely N-dealkylation sites (tertiary alicyclic amines) is 1. The van der Waals surface area contributed by atoms with Gasteiger partial charge in [0.15, 0.2) is 0 Å². The molecule has 0 radical (unpaired) electrons. The van der Waals surface area contributed by atoms with Crippen molar-refractivity contribution in [3.8, 4) is 11.5 Å².